The Morgan fingerprint density at radius 1 is 0.634 bits per heavy atom. The molecule has 452 valence electrons. The number of para-hydroxylation sites is 1. The summed E-state index contributed by atoms with van der Waals surface area (Å²) in [7, 11) is 0. The van der Waals surface area contributed by atoms with E-state index in [1.807, 2.05) is 87.8 Å². The van der Waals surface area contributed by atoms with Crippen LogP contribution < -0.4 is 44.2 Å². The number of nitrogens with one attached hydrogen (secondary N) is 5. The molecule has 0 aliphatic carbocycles. The molecule has 4 aromatic rings. The quantitative estimate of drug-likeness (QED) is 0.00897. The average Bonchev–Trinajstić information content (AvgIpc) is 4.02. The number of ketones is 3. The summed E-state index contributed by atoms with van der Waals surface area (Å²) >= 11 is 5.76. The number of aromatic amines is 1. The fraction of sp³-hybridized carbons (Fsp3) is 0.541. The van der Waals surface area contributed by atoms with Crippen LogP contribution in [-0.2, 0) is 52.8 Å². The van der Waals surface area contributed by atoms with Gasteiger partial charge in [-0.3, -0.25) is 38.6 Å². The topological polar surface area (TPSA) is 320 Å². The Bertz CT molecular complexity index is 2640. The second-order valence-corrected chi connectivity index (χ2v) is 22.8. The number of aromatic nitrogens is 1. The third kappa shape index (κ3) is 24.6. The van der Waals surface area contributed by atoms with Gasteiger partial charge in [0.15, 0.2) is 23.3 Å². The molecular formula is C61H90I2N10O8S. The number of hydrogen-bond donors (Lipinski definition) is 10. The number of H-pyrrole nitrogens is 1. The number of rotatable bonds is 38. The molecule has 18 nitrogen and oxygen atoms in total. The van der Waals surface area contributed by atoms with E-state index < -0.39 is 77.0 Å². The highest BCUT2D eigenvalue weighted by molar-refractivity contribution is 15.0. The van der Waals surface area contributed by atoms with E-state index in [-0.39, 0.29) is 74.0 Å². The summed E-state index contributed by atoms with van der Waals surface area (Å²) in [6, 6.07) is 20.1. The Labute approximate surface area is 512 Å². The summed E-state index contributed by atoms with van der Waals surface area (Å²) in [5.74, 6) is -6.45. The van der Waals surface area contributed by atoms with Gasteiger partial charge in [0.2, 0.25) is 23.6 Å². The van der Waals surface area contributed by atoms with Gasteiger partial charge in [-0.2, -0.15) is 11.8 Å². The minimum Gasteiger partial charge on any atom is -0.508 e. The molecule has 3 aromatic carbocycles. The minimum atomic E-state index is -1.07. The van der Waals surface area contributed by atoms with Crippen LogP contribution in [-0.4, -0.2) is 113 Å². The van der Waals surface area contributed by atoms with Crippen molar-refractivity contribution in [3.63, 3.8) is 0 Å². The molecule has 21 heteroatoms. The summed E-state index contributed by atoms with van der Waals surface area (Å²) in [5.41, 5.74) is 26.0. The Hall–Kier alpha value is -5.11. The van der Waals surface area contributed by atoms with Gasteiger partial charge in [0.05, 0.1) is 24.0 Å². The van der Waals surface area contributed by atoms with Crippen molar-refractivity contribution >= 4 is 107 Å². The minimum absolute atomic E-state index is 0.0103. The van der Waals surface area contributed by atoms with Crippen LogP contribution in [0.15, 0.2) is 90.1 Å². The lowest BCUT2D eigenvalue weighted by atomic mass is 9.84. The third-order valence-electron chi connectivity index (χ3n) is 14.9. The molecule has 14 N–H and O–H groups in total. The molecule has 0 bridgehead atoms. The summed E-state index contributed by atoms with van der Waals surface area (Å²) in [6.45, 7) is 10.1. The normalized spacial score (nSPS) is 14.2. The highest BCUT2D eigenvalue weighted by Crippen LogP contribution is 2.26. The predicted molar refractivity (Wildman–Crippen MR) is 347 cm³/mol. The number of phenols is 1. The van der Waals surface area contributed by atoms with Crippen LogP contribution in [0.5, 0.6) is 5.75 Å². The number of Topliss-reactive ketones (excluding diaryl/α,β-unsaturated/α-hetero) is 3. The van der Waals surface area contributed by atoms with Crippen LogP contribution in [0.2, 0.25) is 0 Å². The zero-order valence-electron chi connectivity index (χ0n) is 48.6. The maximum Gasteiger partial charge on any atom is 0.224 e. The zero-order chi connectivity index (χ0) is 60.7. The first-order valence-corrected chi connectivity index (χ1v) is 36.2. The average molecular weight is 1380 g/mol. The number of halogens is 2. The van der Waals surface area contributed by atoms with Crippen molar-refractivity contribution in [3.8, 4) is 5.75 Å². The Morgan fingerprint density at radius 2 is 1.23 bits per heavy atom. The van der Waals surface area contributed by atoms with Crippen molar-refractivity contribution in [1.82, 2.24) is 26.3 Å². The molecule has 0 saturated heterocycles. The fourth-order valence-corrected chi connectivity index (χ4v) is 10.5. The van der Waals surface area contributed by atoms with Gasteiger partial charge in [0.1, 0.15) is 5.75 Å². The highest BCUT2D eigenvalue weighted by Gasteiger charge is 2.37. The number of amides is 4. The fourth-order valence-electron chi connectivity index (χ4n) is 9.98. The molecule has 0 spiro atoms. The number of nitrogens with zero attached hydrogens (tertiary/aromatic N) is 1. The van der Waals surface area contributed by atoms with Gasteiger partial charge in [0.25, 0.3) is 0 Å². The Kier molecular flexibility index (Phi) is 33.6. The van der Waals surface area contributed by atoms with Gasteiger partial charge < -0.3 is 54.3 Å². The van der Waals surface area contributed by atoms with Gasteiger partial charge in [-0.25, -0.2) is 0 Å². The SMILES string of the molecule is CC[C@H](CCCCN)NC(=O)[C@@H](CC(=O)[C@H](CCSC)NC(=O)[C@@H](CC(=O)[C@@H](NC(=O)[C@@H](CC(=O)[C@H](Cc1ccccc1)NC(=O)[C@@H](CN)CCCN=C(N)N)Cc1ccc(O)cc1)C(C)C)C(C)C)Cc1c[nH]c2ccccc12.II. The molecule has 4 rings (SSSR count). The number of phenolic OH excluding ortho intramolecular Hbond substituents is 1. The van der Waals surface area contributed by atoms with Crippen LogP contribution >= 0.6 is 49.0 Å². The number of hydrogen-bond acceptors (Lipinski definition) is 12. The number of carbonyl (C=O) groups excluding carboxylic acids is 7. The lowest BCUT2D eigenvalue weighted by Crippen LogP contribution is -2.51. The van der Waals surface area contributed by atoms with Gasteiger partial charge in [-0.05, 0) is 123 Å². The first-order chi connectivity index (χ1) is 39.3. The van der Waals surface area contributed by atoms with E-state index in [0.29, 0.717) is 56.5 Å². The summed E-state index contributed by atoms with van der Waals surface area (Å²) in [5, 5.41) is 23.1. The van der Waals surface area contributed by atoms with Gasteiger partial charge in [0, 0.05) is 110 Å². The number of thioether (sulfide) groups is 1. The first kappa shape index (κ1) is 71.2. The van der Waals surface area contributed by atoms with Gasteiger partial charge >= 0.3 is 0 Å². The maximum atomic E-state index is 14.7. The summed E-state index contributed by atoms with van der Waals surface area (Å²) < 4.78 is 0. The second kappa shape index (κ2) is 38.7. The molecule has 0 saturated carbocycles. The predicted octanol–water partition coefficient (Wildman–Crippen LogP) is 7.57. The van der Waals surface area contributed by atoms with Crippen LogP contribution in [0.3, 0.4) is 0 Å². The summed E-state index contributed by atoms with van der Waals surface area (Å²) in [4.78, 5) is 108. The van der Waals surface area contributed by atoms with Crippen molar-refractivity contribution in [1.29, 1.82) is 0 Å². The number of carbonyl (C=O) groups is 7. The van der Waals surface area contributed by atoms with Crippen LogP contribution in [0.25, 0.3) is 10.9 Å². The van der Waals surface area contributed by atoms with Crippen molar-refractivity contribution in [2.75, 3.05) is 31.6 Å². The molecular weight excluding hydrogens is 1290 g/mol. The molecule has 0 fully saturated rings. The second-order valence-electron chi connectivity index (χ2n) is 21.8. The van der Waals surface area contributed by atoms with E-state index in [9.17, 15) is 38.7 Å². The van der Waals surface area contributed by atoms with E-state index in [1.165, 1.54) is 23.9 Å². The molecule has 4 amide bonds. The number of fused-ring (bicyclic) bond motifs is 1. The molecule has 0 unspecified atom stereocenters. The van der Waals surface area contributed by atoms with Gasteiger partial charge in [-0.15, -0.1) is 0 Å². The number of benzene rings is 3. The van der Waals surface area contributed by atoms with Crippen LogP contribution in [0, 0.1) is 35.5 Å². The number of unbranched alkanes of at least 4 members (excludes halogenated alkanes) is 1. The standard InChI is InChI=1S/C61H90N10O8S.I2/c1-7-46(19-13-14-27-62)68-58(77)44(32-45-37-67-50-21-12-11-20-48(45)50)34-53(73)51(26-29-80-6)69-60(79)49(38(2)3)35-55(75)56(39(4)5)71-59(78)43(30-41-22-24-47(72)25-23-41)33-54(74)52(31-40-16-9-8-10-17-40)70-57(76)42(36-63)18-15-28-66-61(64)65;1-2/h8-12,16-17,20-25,37-39,42-44,46,49,51-52,56,67,72H,7,13-15,18-19,26-36,62-63H2,1-6H3,(H,68,77)(H,69,79)(H,70,76)(H,71,78)(H4,64,65,66);/t42-,43-,44-,46-,49+,51+,52+,56+;/m1./s1. The number of aromatic hydroxyl groups is 1. The molecule has 82 heavy (non-hydrogen) atoms. The largest absolute Gasteiger partial charge is 0.508 e. The van der Waals surface area contributed by atoms with Crippen molar-refractivity contribution in [2.24, 2.45) is 63.4 Å². The lowest BCUT2D eigenvalue weighted by molar-refractivity contribution is -0.137. The molecule has 8 atom stereocenters. The van der Waals surface area contributed by atoms with E-state index in [2.05, 4.69) is 68.5 Å². The molecule has 1 aromatic heterocycles. The van der Waals surface area contributed by atoms with Crippen molar-refractivity contribution in [3.05, 3.63) is 102 Å². The van der Waals surface area contributed by atoms with Gasteiger partial charge in [-0.1, -0.05) is 102 Å². The smallest absolute Gasteiger partial charge is 0.224 e. The van der Waals surface area contributed by atoms with E-state index in [1.54, 1.807) is 26.0 Å². The lowest BCUT2D eigenvalue weighted by Gasteiger charge is -2.29. The first-order valence-electron chi connectivity index (χ1n) is 28.5. The number of aliphatic imine (C=N–C) groups is 1. The van der Waals surface area contributed by atoms with E-state index >= 15 is 0 Å². The number of nitrogens with two attached hydrogens (primary N) is 4. The highest BCUT2D eigenvalue weighted by atomic mass is 128. The summed E-state index contributed by atoms with van der Waals surface area (Å²) in [6.07, 6.45) is 7.88. The zero-order valence-corrected chi connectivity index (χ0v) is 53.7. The van der Waals surface area contributed by atoms with Crippen LogP contribution in [0.4, 0.5) is 0 Å². The van der Waals surface area contributed by atoms with Crippen LogP contribution in [0.1, 0.15) is 116 Å². The molecule has 1 heterocycles. The van der Waals surface area contributed by atoms with Crippen molar-refractivity contribution < 1.29 is 38.7 Å². The Morgan fingerprint density at radius 3 is 1.84 bits per heavy atom. The molecule has 0 aliphatic rings. The van der Waals surface area contributed by atoms with E-state index in [0.717, 1.165) is 41.3 Å². The monoisotopic (exact) mass is 1380 g/mol. The van der Waals surface area contributed by atoms with E-state index in [4.69, 9.17) is 22.9 Å². The Balaban J connectivity index is 0.00000872. The molecule has 0 radical (unpaired) electrons. The van der Waals surface area contributed by atoms with Crippen molar-refractivity contribution in [2.45, 2.75) is 142 Å². The maximum absolute atomic E-state index is 14.7. The molecule has 0 aliphatic heterocycles. The number of guanidine groups is 1. The third-order valence-corrected chi connectivity index (χ3v) is 15.5.